The van der Waals surface area contributed by atoms with E-state index in [0.717, 1.165) is 10.5 Å². The molecule has 0 bridgehead atoms. The molecule has 1 aliphatic heterocycles. The van der Waals surface area contributed by atoms with Crippen LogP contribution in [0.1, 0.15) is 64.2 Å². The molecule has 2 saturated carbocycles. The van der Waals surface area contributed by atoms with Gasteiger partial charge in [-0.1, -0.05) is 38.5 Å². The van der Waals surface area contributed by atoms with E-state index >= 15 is 0 Å². The Morgan fingerprint density at radius 2 is 1.12 bits per heavy atom. The van der Waals surface area contributed by atoms with Gasteiger partial charge in [0.15, 0.2) is 0 Å². The zero-order chi connectivity index (χ0) is 10.8. The van der Waals surface area contributed by atoms with Crippen LogP contribution < -0.4 is 0 Å². The molecular formula is C14H24OS. The van der Waals surface area contributed by atoms with Crippen LogP contribution in [0.3, 0.4) is 0 Å². The van der Waals surface area contributed by atoms with Crippen molar-refractivity contribution in [3.8, 4) is 0 Å². The normalized spacial score (nSPS) is 45.0. The quantitative estimate of drug-likeness (QED) is 0.629. The molecule has 4 unspecified atom stereocenters. The van der Waals surface area contributed by atoms with Crippen molar-refractivity contribution in [1.82, 2.24) is 0 Å². The lowest BCUT2D eigenvalue weighted by atomic mass is 9.94. The van der Waals surface area contributed by atoms with Gasteiger partial charge < -0.3 is 4.74 Å². The molecule has 0 amide bonds. The molecule has 0 radical (unpaired) electrons. The third-order valence-corrected chi connectivity index (χ3v) is 6.26. The average molecular weight is 240 g/mol. The van der Waals surface area contributed by atoms with Crippen molar-refractivity contribution in [3.63, 3.8) is 0 Å². The standard InChI is InChI=1S/C14H24OS/c1-2-4-9-13-11(7-3-1)15-12-8-5-6-10-14(12)16-13/h11-14H,1-10H2. The minimum Gasteiger partial charge on any atom is -0.373 e. The second-order valence-electron chi connectivity index (χ2n) is 5.70. The smallest absolute Gasteiger partial charge is 0.0698 e. The molecule has 1 nitrogen and oxygen atoms in total. The topological polar surface area (TPSA) is 9.23 Å². The molecule has 1 saturated heterocycles. The number of hydrogen-bond acceptors (Lipinski definition) is 2. The Kier molecular flexibility index (Phi) is 3.78. The van der Waals surface area contributed by atoms with E-state index in [1.807, 2.05) is 0 Å². The van der Waals surface area contributed by atoms with Gasteiger partial charge in [-0.3, -0.25) is 0 Å². The van der Waals surface area contributed by atoms with Crippen molar-refractivity contribution < 1.29 is 4.74 Å². The fraction of sp³-hybridized carbons (Fsp3) is 1.00. The summed E-state index contributed by atoms with van der Waals surface area (Å²) in [4.78, 5) is 0. The third kappa shape index (κ3) is 2.43. The van der Waals surface area contributed by atoms with Gasteiger partial charge in [0.05, 0.1) is 12.2 Å². The van der Waals surface area contributed by atoms with Crippen LogP contribution >= 0.6 is 11.8 Å². The Morgan fingerprint density at radius 1 is 0.625 bits per heavy atom. The zero-order valence-corrected chi connectivity index (χ0v) is 11.0. The van der Waals surface area contributed by atoms with Crippen LogP contribution in [0.5, 0.6) is 0 Å². The molecule has 1 heterocycles. The summed E-state index contributed by atoms with van der Waals surface area (Å²) >= 11 is 2.30. The summed E-state index contributed by atoms with van der Waals surface area (Å²) in [6, 6.07) is 0. The highest BCUT2D eigenvalue weighted by molar-refractivity contribution is 8.00. The monoisotopic (exact) mass is 240 g/mol. The van der Waals surface area contributed by atoms with Gasteiger partial charge >= 0.3 is 0 Å². The number of ether oxygens (including phenoxy) is 1. The van der Waals surface area contributed by atoms with Crippen LogP contribution in [-0.2, 0) is 4.74 Å². The minimum atomic E-state index is 0.602. The zero-order valence-electron chi connectivity index (χ0n) is 10.2. The lowest BCUT2D eigenvalue weighted by molar-refractivity contribution is -0.0429. The molecule has 16 heavy (non-hydrogen) atoms. The lowest BCUT2D eigenvalue weighted by Crippen LogP contribution is -2.45. The van der Waals surface area contributed by atoms with Crippen molar-refractivity contribution in [3.05, 3.63) is 0 Å². The molecule has 0 aromatic rings. The van der Waals surface area contributed by atoms with Gasteiger partial charge in [0, 0.05) is 10.5 Å². The van der Waals surface area contributed by atoms with E-state index in [-0.39, 0.29) is 0 Å². The summed E-state index contributed by atoms with van der Waals surface area (Å²) in [5.41, 5.74) is 0. The largest absolute Gasteiger partial charge is 0.373 e. The first-order valence-electron chi connectivity index (χ1n) is 7.24. The van der Waals surface area contributed by atoms with E-state index in [9.17, 15) is 0 Å². The Morgan fingerprint density at radius 3 is 1.81 bits per heavy atom. The van der Waals surface area contributed by atoms with E-state index in [0.29, 0.717) is 12.2 Å². The maximum atomic E-state index is 6.41. The lowest BCUT2D eigenvalue weighted by Gasteiger charge is -2.44. The van der Waals surface area contributed by atoms with E-state index in [1.54, 1.807) is 0 Å². The molecule has 3 fully saturated rings. The molecule has 0 aromatic heterocycles. The number of rotatable bonds is 0. The van der Waals surface area contributed by atoms with Crippen molar-refractivity contribution in [1.29, 1.82) is 0 Å². The molecule has 0 spiro atoms. The maximum Gasteiger partial charge on any atom is 0.0698 e. The summed E-state index contributed by atoms with van der Waals surface area (Å²) in [6.45, 7) is 0. The summed E-state index contributed by atoms with van der Waals surface area (Å²) in [5, 5.41) is 1.68. The van der Waals surface area contributed by atoms with Crippen LogP contribution in [0.15, 0.2) is 0 Å². The predicted octanol–water partition coefficient (Wildman–Crippen LogP) is 4.15. The molecule has 2 aliphatic carbocycles. The maximum absolute atomic E-state index is 6.41. The van der Waals surface area contributed by atoms with Gasteiger partial charge in [0.1, 0.15) is 0 Å². The van der Waals surface area contributed by atoms with Gasteiger partial charge in [-0.2, -0.15) is 0 Å². The third-order valence-electron chi connectivity index (χ3n) is 4.48. The first-order valence-corrected chi connectivity index (χ1v) is 8.19. The Bertz CT molecular complexity index is 207. The SMILES string of the molecule is C1CCCC2SC3CCCCC3OC2CC1. The molecule has 4 atom stereocenters. The fourth-order valence-corrected chi connectivity index (χ4v) is 5.36. The van der Waals surface area contributed by atoms with Crippen molar-refractivity contribution in [2.45, 2.75) is 86.9 Å². The molecule has 0 aromatic carbocycles. The molecular weight excluding hydrogens is 216 g/mol. The molecule has 92 valence electrons. The second-order valence-corrected chi connectivity index (χ2v) is 7.19. The van der Waals surface area contributed by atoms with Crippen molar-refractivity contribution in [2.24, 2.45) is 0 Å². The average Bonchev–Trinajstić information content (AvgIpc) is 2.29. The van der Waals surface area contributed by atoms with Gasteiger partial charge in [-0.05, 0) is 25.7 Å². The second kappa shape index (κ2) is 5.30. The van der Waals surface area contributed by atoms with Crippen LogP contribution in [0, 0.1) is 0 Å². The van der Waals surface area contributed by atoms with Crippen LogP contribution in [0.2, 0.25) is 0 Å². The van der Waals surface area contributed by atoms with Crippen LogP contribution in [-0.4, -0.2) is 22.7 Å². The highest BCUT2D eigenvalue weighted by Gasteiger charge is 2.39. The predicted molar refractivity (Wildman–Crippen MR) is 70.0 cm³/mol. The van der Waals surface area contributed by atoms with Gasteiger partial charge in [0.25, 0.3) is 0 Å². The Labute approximate surface area is 104 Å². The molecule has 2 heteroatoms. The van der Waals surface area contributed by atoms with Crippen LogP contribution in [0.25, 0.3) is 0 Å². The Balaban J connectivity index is 1.65. The number of thioether (sulfide) groups is 1. The fourth-order valence-electron chi connectivity index (χ4n) is 3.55. The Hall–Kier alpha value is 0.310. The highest BCUT2D eigenvalue weighted by Crippen LogP contribution is 2.43. The summed E-state index contributed by atoms with van der Waals surface area (Å²) in [6.07, 6.45) is 15.3. The van der Waals surface area contributed by atoms with Gasteiger partial charge in [-0.25, -0.2) is 0 Å². The molecule has 3 aliphatic rings. The minimum absolute atomic E-state index is 0.602. The number of hydrogen-bond donors (Lipinski definition) is 0. The summed E-state index contributed by atoms with van der Waals surface area (Å²) in [5.74, 6) is 0. The highest BCUT2D eigenvalue weighted by atomic mass is 32.2. The van der Waals surface area contributed by atoms with Gasteiger partial charge in [-0.15, -0.1) is 11.8 Å². The van der Waals surface area contributed by atoms with Gasteiger partial charge in [0.2, 0.25) is 0 Å². The first kappa shape index (κ1) is 11.4. The summed E-state index contributed by atoms with van der Waals surface area (Å²) in [7, 11) is 0. The summed E-state index contributed by atoms with van der Waals surface area (Å²) < 4.78 is 6.41. The van der Waals surface area contributed by atoms with Crippen molar-refractivity contribution in [2.75, 3.05) is 0 Å². The van der Waals surface area contributed by atoms with E-state index in [4.69, 9.17) is 4.74 Å². The van der Waals surface area contributed by atoms with E-state index in [2.05, 4.69) is 11.8 Å². The number of fused-ring (bicyclic) bond motifs is 2. The molecule has 0 N–H and O–H groups in total. The van der Waals surface area contributed by atoms with Crippen molar-refractivity contribution >= 4 is 11.8 Å². The molecule has 3 rings (SSSR count). The van der Waals surface area contributed by atoms with Crippen LogP contribution in [0.4, 0.5) is 0 Å². The van der Waals surface area contributed by atoms with E-state index in [1.165, 1.54) is 64.2 Å². The first-order chi connectivity index (χ1) is 7.93. The van der Waals surface area contributed by atoms with E-state index < -0.39 is 0 Å².